The molecule has 3 nitrogen and oxygen atoms in total. The van der Waals surface area contributed by atoms with E-state index in [0.29, 0.717) is 11.3 Å². The molecule has 0 aliphatic heterocycles. The summed E-state index contributed by atoms with van der Waals surface area (Å²) in [4.78, 5) is 3.72. The van der Waals surface area contributed by atoms with Gasteiger partial charge in [-0.1, -0.05) is 0 Å². The lowest BCUT2D eigenvalue weighted by molar-refractivity contribution is 0.633. The highest BCUT2D eigenvalue weighted by atomic mass is 19.1. The molecule has 4 N–H and O–H groups in total. The first kappa shape index (κ1) is 8.52. The summed E-state index contributed by atoms with van der Waals surface area (Å²) in [5, 5.41) is 0. The van der Waals surface area contributed by atoms with Crippen molar-refractivity contribution in [1.29, 1.82) is 0 Å². The normalized spacial score (nSPS) is 10.8. The lowest BCUT2D eigenvalue weighted by Gasteiger charge is -2.02. The van der Waals surface area contributed by atoms with E-state index in [1.807, 2.05) is 0 Å². The van der Waals surface area contributed by atoms with Crippen LogP contribution in [0.2, 0.25) is 0 Å². The second-order valence-electron chi connectivity index (χ2n) is 2.39. The van der Waals surface area contributed by atoms with Gasteiger partial charge in [0.2, 0.25) is 0 Å². The number of rotatable bonds is 1. The summed E-state index contributed by atoms with van der Waals surface area (Å²) in [6.07, 6.45) is 1.47. The van der Waals surface area contributed by atoms with Gasteiger partial charge in [0, 0.05) is 24.5 Å². The molecule has 0 fully saturated rings. The van der Waals surface area contributed by atoms with Crippen LogP contribution in [0.4, 0.5) is 15.8 Å². The van der Waals surface area contributed by atoms with Crippen LogP contribution in [0.15, 0.2) is 17.1 Å². The Bertz CT molecular complexity index is 320. The first-order valence-corrected chi connectivity index (χ1v) is 3.42. The molecule has 1 aromatic rings. The summed E-state index contributed by atoms with van der Waals surface area (Å²) in [6.45, 7) is 0. The van der Waals surface area contributed by atoms with Gasteiger partial charge in [0.1, 0.15) is 5.82 Å². The maximum absolute atomic E-state index is 12.9. The number of anilines is 2. The summed E-state index contributed by atoms with van der Waals surface area (Å²) >= 11 is 0. The molecule has 0 bridgehead atoms. The van der Waals surface area contributed by atoms with Crippen molar-refractivity contribution in [2.24, 2.45) is 4.99 Å². The van der Waals surface area contributed by atoms with Crippen molar-refractivity contribution in [2.45, 2.75) is 0 Å². The minimum Gasteiger partial charge on any atom is -0.399 e. The molecule has 1 rings (SSSR count). The van der Waals surface area contributed by atoms with Crippen molar-refractivity contribution < 1.29 is 4.39 Å². The molecule has 0 saturated carbocycles. The smallest absolute Gasteiger partial charge is 0.148 e. The summed E-state index contributed by atoms with van der Waals surface area (Å²) in [5.41, 5.74) is 11.7. The molecule has 0 aromatic heterocycles. The van der Waals surface area contributed by atoms with Gasteiger partial charge in [-0.25, -0.2) is 4.39 Å². The average molecular weight is 167 g/mol. The SMILES string of the molecule is CN=Cc1cc(N)cc(F)c1N. The number of benzene rings is 1. The van der Waals surface area contributed by atoms with E-state index in [0.717, 1.165) is 0 Å². The zero-order valence-electron chi connectivity index (χ0n) is 6.71. The molecule has 0 radical (unpaired) electrons. The molecule has 0 aliphatic carbocycles. The fraction of sp³-hybridized carbons (Fsp3) is 0.125. The van der Waals surface area contributed by atoms with Crippen LogP contribution in [0.25, 0.3) is 0 Å². The Morgan fingerprint density at radius 1 is 1.42 bits per heavy atom. The minimum atomic E-state index is -0.509. The fourth-order valence-corrected chi connectivity index (χ4v) is 0.907. The van der Waals surface area contributed by atoms with Crippen molar-refractivity contribution in [2.75, 3.05) is 18.5 Å². The highest BCUT2D eigenvalue weighted by molar-refractivity contribution is 5.88. The van der Waals surface area contributed by atoms with Crippen molar-refractivity contribution in [3.8, 4) is 0 Å². The maximum atomic E-state index is 12.9. The number of nitrogens with zero attached hydrogens (tertiary/aromatic N) is 1. The summed E-state index contributed by atoms with van der Waals surface area (Å²) in [6, 6.07) is 2.76. The Balaban J connectivity index is 3.27. The lowest BCUT2D eigenvalue weighted by Crippen LogP contribution is -1.99. The quantitative estimate of drug-likeness (QED) is 0.484. The Labute approximate surface area is 69.9 Å². The molecular formula is C8H10FN3. The highest BCUT2D eigenvalue weighted by Gasteiger charge is 2.03. The van der Waals surface area contributed by atoms with Gasteiger partial charge >= 0.3 is 0 Å². The largest absolute Gasteiger partial charge is 0.399 e. The molecule has 0 heterocycles. The van der Waals surface area contributed by atoms with E-state index < -0.39 is 5.82 Å². The Morgan fingerprint density at radius 2 is 2.08 bits per heavy atom. The van der Waals surface area contributed by atoms with Gasteiger partial charge in [0.05, 0.1) is 5.69 Å². The van der Waals surface area contributed by atoms with Crippen LogP contribution < -0.4 is 11.5 Å². The van der Waals surface area contributed by atoms with Gasteiger partial charge in [-0.3, -0.25) is 4.99 Å². The first-order chi connectivity index (χ1) is 5.65. The van der Waals surface area contributed by atoms with Crippen LogP contribution in [0.5, 0.6) is 0 Å². The predicted molar refractivity (Wildman–Crippen MR) is 48.7 cm³/mol. The zero-order valence-corrected chi connectivity index (χ0v) is 6.71. The molecule has 64 valence electrons. The van der Waals surface area contributed by atoms with Crippen LogP contribution in [0.1, 0.15) is 5.56 Å². The third kappa shape index (κ3) is 1.53. The molecule has 0 atom stereocenters. The van der Waals surface area contributed by atoms with Crippen molar-refractivity contribution in [1.82, 2.24) is 0 Å². The standard InChI is InChI=1S/C8H10FN3/c1-12-4-5-2-6(10)3-7(9)8(5)11/h2-4H,10-11H2,1H3. The minimum absolute atomic E-state index is 0.0785. The van der Waals surface area contributed by atoms with Crippen molar-refractivity contribution >= 4 is 17.6 Å². The van der Waals surface area contributed by atoms with E-state index in [1.165, 1.54) is 12.3 Å². The number of nitrogens with two attached hydrogens (primary N) is 2. The summed E-state index contributed by atoms with van der Waals surface area (Å²) in [5.74, 6) is -0.509. The van der Waals surface area contributed by atoms with Gasteiger partial charge in [0.25, 0.3) is 0 Å². The number of hydrogen-bond acceptors (Lipinski definition) is 3. The lowest BCUT2D eigenvalue weighted by atomic mass is 10.1. The maximum Gasteiger partial charge on any atom is 0.148 e. The molecule has 0 aliphatic rings. The summed E-state index contributed by atoms with van der Waals surface area (Å²) in [7, 11) is 1.58. The molecule has 0 amide bonds. The van der Waals surface area contributed by atoms with Crippen LogP contribution >= 0.6 is 0 Å². The number of halogens is 1. The van der Waals surface area contributed by atoms with Gasteiger partial charge in [0.15, 0.2) is 0 Å². The number of aliphatic imine (C=N–C) groups is 1. The van der Waals surface area contributed by atoms with Crippen LogP contribution in [-0.2, 0) is 0 Å². The van der Waals surface area contributed by atoms with Crippen LogP contribution in [0.3, 0.4) is 0 Å². The monoisotopic (exact) mass is 167 g/mol. The Morgan fingerprint density at radius 3 is 2.67 bits per heavy atom. The van der Waals surface area contributed by atoms with Gasteiger partial charge in [-0.05, 0) is 12.1 Å². The predicted octanol–water partition coefficient (Wildman–Crippen LogP) is 1.04. The van der Waals surface area contributed by atoms with Crippen LogP contribution in [0, 0.1) is 5.82 Å². The Kier molecular flexibility index (Phi) is 2.28. The van der Waals surface area contributed by atoms with Crippen molar-refractivity contribution in [3.63, 3.8) is 0 Å². The molecule has 4 heteroatoms. The molecular weight excluding hydrogens is 157 g/mol. The van der Waals surface area contributed by atoms with E-state index in [-0.39, 0.29) is 5.69 Å². The third-order valence-corrected chi connectivity index (χ3v) is 1.45. The van der Waals surface area contributed by atoms with Crippen molar-refractivity contribution in [3.05, 3.63) is 23.5 Å². The van der Waals surface area contributed by atoms with E-state index >= 15 is 0 Å². The topological polar surface area (TPSA) is 64.4 Å². The average Bonchev–Trinajstić information content (AvgIpc) is 2.00. The summed E-state index contributed by atoms with van der Waals surface area (Å²) < 4.78 is 12.9. The molecule has 0 spiro atoms. The fourth-order valence-electron chi connectivity index (χ4n) is 0.907. The second-order valence-corrected chi connectivity index (χ2v) is 2.39. The highest BCUT2D eigenvalue weighted by Crippen LogP contribution is 2.18. The molecule has 0 unspecified atom stereocenters. The number of hydrogen-bond donors (Lipinski definition) is 2. The van der Waals surface area contributed by atoms with E-state index in [2.05, 4.69) is 4.99 Å². The number of nitrogen functional groups attached to an aromatic ring is 2. The van der Waals surface area contributed by atoms with Crippen LogP contribution in [-0.4, -0.2) is 13.3 Å². The second kappa shape index (κ2) is 3.21. The zero-order chi connectivity index (χ0) is 9.14. The van der Waals surface area contributed by atoms with E-state index in [1.54, 1.807) is 13.1 Å². The van der Waals surface area contributed by atoms with Gasteiger partial charge in [-0.15, -0.1) is 0 Å². The molecule has 1 aromatic carbocycles. The van der Waals surface area contributed by atoms with Gasteiger partial charge < -0.3 is 11.5 Å². The van der Waals surface area contributed by atoms with E-state index in [9.17, 15) is 4.39 Å². The van der Waals surface area contributed by atoms with Gasteiger partial charge in [-0.2, -0.15) is 0 Å². The van der Waals surface area contributed by atoms with E-state index in [4.69, 9.17) is 11.5 Å². The molecule has 0 saturated heterocycles. The Hall–Kier alpha value is -1.58. The molecule has 12 heavy (non-hydrogen) atoms. The third-order valence-electron chi connectivity index (χ3n) is 1.45. The first-order valence-electron chi connectivity index (χ1n) is 3.42.